The van der Waals surface area contributed by atoms with E-state index in [1.165, 1.54) is 12.1 Å². The van der Waals surface area contributed by atoms with Crippen LogP contribution in [0.5, 0.6) is 5.75 Å². The highest BCUT2D eigenvalue weighted by Gasteiger charge is 2.29. The zero-order chi connectivity index (χ0) is 32.6. The van der Waals surface area contributed by atoms with Gasteiger partial charge in [-0.05, 0) is 41.7 Å². The number of benzene rings is 3. The van der Waals surface area contributed by atoms with E-state index < -0.39 is 41.9 Å². The van der Waals surface area contributed by atoms with Crippen molar-refractivity contribution in [2.24, 2.45) is 11.5 Å². The Morgan fingerprint density at radius 2 is 1.24 bits per heavy atom. The van der Waals surface area contributed by atoms with E-state index in [9.17, 15) is 24.3 Å². The molecule has 13 nitrogen and oxygen atoms in total. The van der Waals surface area contributed by atoms with Crippen LogP contribution in [-0.4, -0.2) is 59.6 Å². The molecule has 13 heteroatoms. The molecule has 0 radical (unpaired) electrons. The first-order chi connectivity index (χ1) is 21.6. The summed E-state index contributed by atoms with van der Waals surface area (Å²) in [6.45, 7) is 0.226. The molecule has 10 N–H and O–H groups in total. The fourth-order valence-electron chi connectivity index (χ4n) is 4.40. The molecule has 0 aliphatic heterocycles. The van der Waals surface area contributed by atoms with Crippen LogP contribution < -0.4 is 32.7 Å². The number of amides is 4. The van der Waals surface area contributed by atoms with E-state index in [4.69, 9.17) is 21.6 Å². The van der Waals surface area contributed by atoms with Gasteiger partial charge in [0.05, 0.1) is 0 Å². The number of rotatable bonds is 16. The molecule has 0 heterocycles. The number of phenols is 1. The zero-order valence-corrected chi connectivity index (χ0v) is 24.7. The highest BCUT2D eigenvalue weighted by Crippen LogP contribution is 2.13. The van der Waals surface area contributed by atoms with Gasteiger partial charge in [-0.2, -0.15) is 0 Å². The van der Waals surface area contributed by atoms with Gasteiger partial charge in [-0.15, -0.1) is 0 Å². The van der Waals surface area contributed by atoms with Gasteiger partial charge in [0.25, 0.3) is 0 Å². The molecule has 0 aromatic heterocycles. The van der Waals surface area contributed by atoms with E-state index in [2.05, 4.69) is 21.3 Å². The largest absolute Gasteiger partial charge is 0.508 e. The molecular formula is C32H39N7O6. The van der Waals surface area contributed by atoms with E-state index in [-0.39, 0.29) is 44.1 Å². The Balaban J connectivity index is 1.76. The van der Waals surface area contributed by atoms with Gasteiger partial charge in [0.2, 0.25) is 17.7 Å². The number of guanidine groups is 1. The Bertz CT molecular complexity index is 1420. The molecule has 0 saturated carbocycles. The fourth-order valence-corrected chi connectivity index (χ4v) is 4.40. The summed E-state index contributed by atoms with van der Waals surface area (Å²) in [5.41, 5.74) is 13.1. The van der Waals surface area contributed by atoms with Crippen molar-refractivity contribution in [3.05, 3.63) is 102 Å². The quantitative estimate of drug-likeness (QED) is 0.0661. The number of alkyl carbamates (subject to hydrolysis) is 1. The van der Waals surface area contributed by atoms with Gasteiger partial charge >= 0.3 is 6.09 Å². The van der Waals surface area contributed by atoms with Crippen molar-refractivity contribution in [1.29, 1.82) is 5.41 Å². The van der Waals surface area contributed by atoms with Crippen LogP contribution in [0.2, 0.25) is 0 Å². The molecule has 0 aliphatic rings. The van der Waals surface area contributed by atoms with Crippen molar-refractivity contribution in [2.45, 2.75) is 50.4 Å². The molecular weight excluding hydrogens is 578 g/mol. The average Bonchev–Trinajstić information content (AvgIpc) is 3.02. The van der Waals surface area contributed by atoms with Gasteiger partial charge < -0.3 is 42.6 Å². The van der Waals surface area contributed by atoms with E-state index in [1.54, 1.807) is 60.7 Å². The third kappa shape index (κ3) is 12.3. The van der Waals surface area contributed by atoms with Crippen LogP contribution in [-0.2, 0) is 38.6 Å². The van der Waals surface area contributed by atoms with Crippen molar-refractivity contribution < 1.29 is 29.0 Å². The summed E-state index contributed by atoms with van der Waals surface area (Å²) in [6, 6.07) is 20.8. The summed E-state index contributed by atoms with van der Waals surface area (Å²) in [4.78, 5) is 52.0. The molecule has 4 amide bonds. The van der Waals surface area contributed by atoms with E-state index in [1.807, 2.05) is 12.1 Å². The van der Waals surface area contributed by atoms with Crippen LogP contribution in [0, 0.1) is 5.41 Å². The molecule has 238 valence electrons. The Morgan fingerprint density at radius 3 is 1.84 bits per heavy atom. The van der Waals surface area contributed by atoms with E-state index >= 15 is 0 Å². The van der Waals surface area contributed by atoms with Crippen LogP contribution in [0.3, 0.4) is 0 Å². The van der Waals surface area contributed by atoms with Gasteiger partial charge in [0, 0.05) is 19.4 Å². The Kier molecular flexibility index (Phi) is 13.2. The summed E-state index contributed by atoms with van der Waals surface area (Å²) < 4.78 is 5.31. The maximum absolute atomic E-state index is 13.6. The molecule has 3 atom stereocenters. The Morgan fingerprint density at radius 1 is 0.711 bits per heavy atom. The maximum atomic E-state index is 13.6. The van der Waals surface area contributed by atoms with Crippen LogP contribution in [0.15, 0.2) is 84.9 Å². The van der Waals surface area contributed by atoms with Gasteiger partial charge in [0.15, 0.2) is 5.96 Å². The third-order valence-electron chi connectivity index (χ3n) is 6.76. The number of carbonyl (C=O) groups excluding carboxylic acids is 4. The predicted molar refractivity (Wildman–Crippen MR) is 168 cm³/mol. The monoisotopic (exact) mass is 617 g/mol. The van der Waals surface area contributed by atoms with Gasteiger partial charge in [-0.25, -0.2) is 4.79 Å². The molecule has 0 saturated heterocycles. The topological polar surface area (TPSA) is 222 Å². The first-order valence-corrected chi connectivity index (χ1v) is 14.4. The van der Waals surface area contributed by atoms with Crippen LogP contribution >= 0.6 is 0 Å². The minimum absolute atomic E-state index is 0.0186. The minimum Gasteiger partial charge on any atom is -0.508 e. The van der Waals surface area contributed by atoms with Crippen LogP contribution in [0.4, 0.5) is 4.79 Å². The molecule has 0 aliphatic carbocycles. The lowest BCUT2D eigenvalue weighted by atomic mass is 10.0. The first-order valence-electron chi connectivity index (χ1n) is 14.4. The summed E-state index contributed by atoms with van der Waals surface area (Å²) in [6.07, 6.45) is -0.245. The Labute approximate surface area is 261 Å². The highest BCUT2D eigenvalue weighted by molar-refractivity contribution is 5.93. The van der Waals surface area contributed by atoms with Crippen LogP contribution in [0.25, 0.3) is 0 Å². The molecule has 3 rings (SSSR count). The highest BCUT2D eigenvalue weighted by atomic mass is 16.5. The average molecular weight is 618 g/mol. The van der Waals surface area contributed by atoms with Crippen molar-refractivity contribution in [1.82, 2.24) is 21.3 Å². The number of hydrogen-bond acceptors (Lipinski definition) is 7. The van der Waals surface area contributed by atoms with Crippen LogP contribution in [0.1, 0.15) is 29.5 Å². The van der Waals surface area contributed by atoms with Crippen molar-refractivity contribution in [3.8, 4) is 5.75 Å². The summed E-state index contributed by atoms with van der Waals surface area (Å²) in [5, 5.41) is 27.6. The summed E-state index contributed by atoms with van der Waals surface area (Å²) in [7, 11) is 0. The second kappa shape index (κ2) is 17.5. The van der Waals surface area contributed by atoms with Crippen molar-refractivity contribution in [2.75, 3.05) is 6.54 Å². The zero-order valence-electron chi connectivity index (χ0n) is 24.7. The molecule has 0 spiro atoms. The molecule has 0 fully saturated rings. The van der Waals surface area contributed by atoms with Crippen molar-refractivity contribution >= 4 is 29.8 Å². The smallest absolute Gasteiger partial charge is 0.408 e. The lowest BCUT2D eigenvalue weighted by Gasteiger charge is -2.25. The number of carbonyl (C=O) groups is 4. The van der Waals surface area contributed by atoms with Gasteiger partial charge in [0.1, 0.15) is 30.5 Å². The maximum Gasteiger partial charge on any atom is 0.408 e. The SMILES string of the molecule is N=C(N)NCCC[C@H](NC(=O)[C@H](Cc1ccc(O)cc1)NC(=O)OCc1ccccc1)C(=O)N[C@@H](Cc1ccccc1)C(N)=O. The minimum atomic E-state index is -1.17. The number of nitrogens with one attached hydrogen (secondary N) is 5. The molecule has 45 heavy (non-hydrogen) atoms. The second-order valence-electron chi connectivity index (χ2n) is 10.3. The lowest BCUT2D eigenvalue weighted by Crippen LogP contribution is -2.57. The number of primary amides is 1. The second-order valence-corrected chi connectivity index (χ2v) is 10.3. The van der Waals surface area contributed by atoms with Gasteiger partial charge in [-0.3, -0.25) is 19.8 Å². The number of aromatic hydroxyl groups is 1. The first kappa shape index (κ1) is 33.9. The lowest BCUT2D eigenvalue weighted by molar-refractivity contribution is -0.132. The molecule has 0 unspecified atom stereocenters. The Hall–Kier alpha value is -5.59. The number of phenolic OH excluding ortho intramolecular Hbond substituents is 1. The molecule has 3 aromatic rings. The van der Waals surface area contributed by atoms with E-state index in [0.29, 0.717) is 12.0 Å². The number of hydrogen-bond donors (Lipinski definition) is 8. The standard InChI is InChI=1S/C32H39N7O6/c33-28(41)26(18-21-8-3-1-4-9-21)38-29(42)25(12-7-17-36-31(34)35)37-30(43)27(19-22-13-15-24(40)16-14-22)39-32(44)45-20-23-10-5-2-6-11-23/h1-6,8-11,13-16,25-27,40H,7,12,17-20H2,(H2,33,41)(H,37,43)(H,38,42)(H,39,44)(H4,34,35,36)/t25-,26-,27-/m0/s1. The summed E-state index contributed by atoms with van der Waals surface area (Å²) in [5.74, 6) is -2.29. The fraction of sp³-hybridized carbons (Fsp3) is 0.281. The number of ether oxygens (including phenoxy) is 1. The van der Waals surface area contributed by atoms with Gasteiger partial charge in [-0.1, -0.05) is 72.8 Å². The van der Waals surface area contributed by atoms with Crippen molar-refractivity contribution in [3.63, 3.8) is 0 Å². The molecule has 0 bridgehead atoms. The normalized spacial score (nSPS) is 12.5. The number of nitrogens with two attached hydrogens (primary N) is 2. The van der Waals surface area contributed by atoms with E-state index in [0.717, 1.165) is 11.1 Å². The third-order valence-corrected chi connectivity index (χ3v) is 6.76. The summed E-state index contributed by atoms with van der Waals surface area (Å²) >= 11 is 0. The predicted octanol–water partition coefficient (Wildman–Crippen LogP) is 1.19. The molecule has 3 aromatic carbocycles.